The Hall–Kier alpha value is -3.03. The average Bonchev–Trinajstić information content (AvgIpc) is 2.83. The van der Waals surface area contributed by atoms with Crippen LogP contribution < -0.4 is 14.4 Å². The predicted octanol–water partition coefficient (Wildman–Crippen LogP) is 5.76. The molecule has 3 aromatic carbocycles. The van der Waals surface area contributed by atoms with Crippen LogP contribution in [0.3, 0.4) is 0 Å². The standard InChI is InChI=1S/C27H31ClN2O4S/c1-19(2)17-26(21-7-13-24(34-4)14-8-21)29-27(31)18-30(23-11-5-20(3)6-12-23)35(32,33)25-15-9-22(28)10-16-25/h5-16,19,26H,17-18H2,1-4H3,(H,29,31). The number of hydrogen-bond donors (Lipinski definition) is 1. The Kier molecular flexibility index (Phi) is 8.81. The number of ether oxygens (including phenoxy) is 1. The zero-order chi connectivity index (χ0) is 25.6. The van der Waals surface area contributed by atoms with Crippen LogP contribution in [0.25, 0.3) is 0 Å². The third-order valence-corrected chi connectivity index (χ3v) is 7.61. The van der Waals surface area contributed by atoms with Crippen LogP contribution in [0.15, 0.2) is 77.7 Å². The molecule has 1 atom stereocenters. The number of rotatable bonds is 10. The summed E-state index contributed by atoms with van der Waals surface area (Å²) < 4.78 is 33.5. The monoisotopic (exact) mass is 514 g/mol. The van der Waals surface area contributed by atoms with Gasteiger partial charge in [0.05, 0.1) is 23.7 Å². The van der Waals surface area contributed by atoms with Crippen molar-refractivity contribution in [3.63, 3.8) is 0 Å². The third-order valence-electron chi connectivity index (χ3n) is 5.57. The van der Waals surface area contributed by atoms with E-state index in [1.807, 2.05) is 43.3 Å². The summed E-state index contributed by atoms with van der Waals surface area (Å²) in [5.74, 6) is 0.640. The molecule has 3 rings (SSSR count). The highest BCUT2D eigenvalue weighted by Gasteiger charge is 2.28. The lowest BCUT2D eigenvalue weighted by Gasteiger charge is -2.27. The van der Waals surface area contributed by atoms with E-state index >= 15 is 0 Å². The van der Waals surface area contributed by atoms with Gasteiger partial charge >= 0.3 is 0 Å². The lowest BCUT2D eigenvalue weighted by Crippen LogP contribution is -2.42. The van der Waals surface area contributed by atoms with Crippen LogP contribution in [0, 0.1) is 12.8 Å². The van der Waals surface area contributed by atoms with Crippen LogP contribution >= 0.6 is 11.6 Å². The largest absolute Gasteiger partial charge is 0.497 e. The molecule has 0 saturated heterocycles. The topological polar surface area (TPSA) is 75.7 Å². The lowest BCUT2D eigenvalue weighted by atomic mass is 9.97. The summed E-state index contributed by atoms with van der Waals surface area (Å²) >= 11 is 5.96. The van der Waals surface area contributed by atoms with Gasteiger partial charge in [-0.2, -0.15) is 0 Å². The van der Waals surface area contributed by atoms with Crippen LogP contribution in [0.2, 0.25) is 5.02 Å². The van der Waals surface area contributed by atoms with Gasteiger partial charge in [-0.1, -0.05) is 55.3 Å². The maximum atomic E-state index is 13.6. The molecule has 1 N–H and O–H groups in total. The molecule has 0 radical (unpaired) electrons. The van der Waals surface area contributed by atoms with E-state index in [9.17, 15) is 13.2 Å². The zero-order valence-electron chi connectivity index (χ0n) is 20.4. The number of sulfonamides is 1. The Balaban J connectivity index is 1.91. The smallest absolute Gasteiger partial charge is 0.264 e. The van der Waals surface area contributed by atoms with Gasteiger partial charge in [-0.3, -0.25) is 9.10 Å². The number of anilines is 1. The number of aryl methyl sites for hydroxylation is 1. The SMILES string of the molecule is COc1ccc(C(CC(C)C)NC(=O)CN(c2ccc(C)cc2)S(=O)(=O)c2ccc(Cl)cc2)cc1. The van der Waals surface area contributed by atoms with Crippen LogP contribution in [0.1, 0.15) is 37.4 Å². The molecule has 0 aliphatic carbocycles. The maximum absolute atomic E-state index is 13.6. The molecule has 0 fully saturated rings. The van der Waals surface area contributed by atoms with Crippen molar-refractivity contribution in [2.45, 2.75) is 38.1 Å². The van der Waals surface area contributed by atoms with Crippen molar-refractivity contribution >= 4 is 33.2 Å². The Bertz CT molecular complexity index is 1230. The van der Waals surface area contributed by atoms with E-state index in [1.165, 1.54) is 24.3 Å². The average molecular weight is 515 g/mol. The summed E-state index contributed by atoms with van der Waals surface area (Å²) in [5, 5.41) is 3.47. The molecular formula is C27H31ClN2O4S. The number of hydrogen-bond acceptors (Lipinski definition) is 4. The van der Waals surface area contributed by atoms with Crippen molar-refractivity contribution in [3.05, 3.63) is 88.9 Å². The summed E-state index contributed by atoms with van der Waals surface area (Å²) in [5.41, 5.74) is 2.32. The molecule has 0 bridgehead atoms. The second kappa shape index (κ2) is 11.6. The molecule has 6 nitrogen and oxygen atoms in total. The minimum atomic E-state index is -4.01. The van der Waals surface area contributed by atoms with Gasteiger partial charge in [0.2, 0.25) is 5.91 Å². The van der Waals surface area contributed by atoms with Crippen molar-refractivity contribution < 1.29 is 17.9 Å². The van der Waals surface area contributed by atoms with E-state index in [2.05, 4.69) is 19.2 Å². The predicted molar refractivity (Wildman–Crippen MR) is 140 cm³/mol. The maximum Gasteiger partial charge on any atom is 0.264 e. The van der Waals surface area contributed by atoms with Gasteiger partial charge in [-0.05, 0) is 73.4 Å². The fraction of sp³-hybridized carbons (Fsp3) is 0.296. The van der Waals surface area contributed by atoms with Crippen LogP contribution in [0.4, 0.5) is 5.69 Å². The number of benzene rings is 3. The molecule has 8 heteroatoms. The molecule has 1 unspecified atom stereocenters. The van der Waals surface area contributed by atoms with Gasteiger partial charge in [0.25, 0.3) is 10.0 Å². The van der Waals surface area contributed by atoms with Crippen molar-refractivity contribution in [2.24, 2.45) is 5.92 Å². The minimum absolute atomic E-state index is 0.0594. The molecule has 3 aromatic rings. The summed E-state index contributed by atoms with van der Waals surface area (Å²) in [6, 6.07) is 20.2. The van der Waals surface area contributed by atoms with Crippen molar-refractivity contribution in [1.29, 1.82) is 0 Å². The molecule has 0 saturated carbocycles. The van der Waals surface area contributed by atoms with Crippen molar-refractivity contribution in [3.8, 4) is 5.75 Å². The number of carbonyl (C=O) groups excluding carboxylic acids is 1. The fourth-order valence-corrected chi connectivity index (χ4v) is 5.26. The van der Waals surface area contributed by atoms with E-state index in [0.717, 1.165) is 21.2 Å². The highest BCUT2D eigenvalue weighted by molar-refractivity contribution is 7.92. The molecule has 0 heterocycles. The highest BCUT2D eigenvalue weighted by Crippen LogP contribution is 2.27. The lowest BCUT2D eigenvalue weighted by molar-refractivity contribution is -0.120. The van der Waals surface area contributed by atoms with E-state index in [-0.39, 0.29) is 17.5 Å². The van der Waals surface area contributed by atoms with Crippen LogP contribution in [0.5, 0.6) is 5.75 Å². The van der Waals surface area contributed by atoms with Crippen molar-refractivity contribution in [1.82, 2.24) is 5.32 Å². The first-order chi connectivity index (χ1) is 16.6. The molecule has 0 spiro atoms. The Morgan fingerprint density at radius 3 is 2.11 bits per heavy atom. The number of halogens is 1. The quantitative estimate of drug-likeness (QED) is 0.373. The van der Waals surface area contributed by atoms with E-state index in [1.54, 1.807) is 19.2 Å². The van der Waals surface area contributed by atoms with Gasteiger partial charge in [-0.25, -0.2) is 8.42 Å². The molecule has 0 aromatic heterocycles. The minimum Gasteiger partial charge on any atom is -0.497 e. The first kappa shape index (κ1) is 26.6. The molecular weight excluding hydrogens is 484 g/mol. The number of nitrogens with one attached hydrogen (secondary N) is 1. The Morgan fingerprint density at radius 1 is 0.971 bits per heavy atom. The second-order valence-electron chi connectivity index (χ2n) is 8.82. The van der Waals surface area contributed by atoms with Gasteiger partial charge in [0, 0.05) is 5.02 Å². The number of nitrogens with zero attached hydrogens (tertiary/aromatic N) is 1. The van der Waals surface area contributed by atoms with Gasteiger partial charge < -0.3 is 10.1 Å². The van der Waals surface area contributed by atoms with E-state index in [4.69, 9.17) is 16.3 Å². The summed E-state index contributed by atoms with van der Waals surface area (Å²) in [6.45, 7) is 5.71. The first-order valence-corrected chi connectivity index (χ1v) is 13.2. The van der Waals surface area contributed by atoms with Crippen molar-refractivity contribution in [2.75, 3.05) is 18.0 Å². The fourth-order valence-electron chi connectivity index (χ4n) is 3.72. The summed E-state index contributed by atoms with van der Waals surface area (Å²) in [6.07, 6.45) is 0.701. The molecule has 0 aliphatic rings. The van der Waals surface area contributed by atoms with E-state index < -0.39 is 15.9 Å². The normalized spacial score (nSPS) is 12.3. The molecule has 186 valence electrons. The highest BCUT2D eigenvalue weighted by atomic mass is 35.5. The number of carbonyl (C=O) groups is 1. The van der Waals surface area contributed by atoms with Crippen LogP contribution in [-0.4, -0.2) is 28.0 Å². The summed E-state index contributed by atoms with van der Waals surface area (Å²) in [4.78, 5) is 13.3. The molecule has 1 amide bonds. The number of amides is 1. The molecule has 35 heavy (non-hydrogen) atoms. The third kappa shape index (κ3) is 6.99. The Labute approximate surface area is 212 Å². The van der Waals surface area contributed by atoms with Crippen LogP contribution in [-0.2, 0) is 14.8 Å². The second-order valence-corrected chi connectivity index (χ2v) is 11.1. The summed E-state index contributed by atoms with van der Waals surface area (Å²) in [7, 11) is -2.41. The van der Waals surface area contributed by atoms with Gasteiger partial charge in [0.1, 0.15) is 12.3 Å². The number of methoxy groups -OCH3 is 1. The first-order valence-electron chi connectivity index (χ1n) is 11.4. The van der Waals surface area contributed by atoms with Gasteiger partial charge in [0.15, 0.2) is 0 Å². The van der Waals surface area contributed by atoms with Gasteiger partial charge in [-0.15, -0.1) is 0 Å². The Morgan fingerprint density at radius 2 is 1.57 bits per heavy atom. The zero-order valence-corrected chi connectivity index (χ0v) is 21.9. The molecule has 0 aliphatic heterocycles. The van der Waals surface area contributed by atoms with E-state index in [0.29, 0.717) is 23.0 Å².